The van der Waals surface area contributed by atoms with Gasteiger partial charge in [-0.3, -0.25) is 34.4 Å². The third kappa shape index (κ3) is 3.12. The molecule has 0 bridgehead atoms. The smallest absolute Gasteiger partial charge is 0.407 e. The molecule has 2 aliphatic rings. The lowest BCUT2D eigenvalue weighted by molar-refractivity contribution is 0.0558. The van der Waals surface area contributed by atoms with E-state index in [4.69, 9.17) is 0 Å². The van der Waals surface area contributed by atoms with Crippen molar-refractivity contribution in [2.24, 2.45) is 0 Å². The molecule has 4 heterocycles. The van der Waals surface area contributed by atoms with Crippen molar-refractivity contribution in [3.8, 4) is 0 Å². The molecule has 1 aromatic carbocycles. The van der Waals surface area contributed by atoms with Gasteiger partial charge in [0.05, 0.1) is 35.8 Å². The van der Waals surface area contributed by atoms with Crippen molar-refractivity contribution in [1.82, 2.24) is 14.5 Å². The molecule has 13 heteroatoms. The van der Waals surface area contributed by atoms with E-state index in [1.807, 2.05) is 0 Å². The summed E-state index contributed by atoms with van der Waals surface area (Å²) in [5.74, 6) is -2.41. The second-order valence-electron chi connectivity index (χ2n) is 7.61. The van der Waals surface area contributed by atoms with Gasteiger partial charge in [-0.1, -0.05) is 12.1 Å². The van der Waals surface area contributed by atoms with E-state index in [1.165, 1.54) is 12.1 Å². The lowest BCUT2D eigenvalue weighted by Gasteiger charge is -2.35. The van der Waals surface area contributed by atoms with Crippen molar-refractivity contribution >= 4 is 40.2 Å². The molecule has 3 aromatic rings. The summed E-state index contributed by atoms with van der Waals surface area (Å²) >= 11 is 0.929. The SMILES string of the molecule is O=C(O)c1c(Nn2c(=O)c2=O)sc2c1CC(CN1C(=O)c3ccccc3C1=O)N(C(=O)O)C2. The summed E-state index contributed by atoms with van der Waals surface area (Å²) in [4.78, 5) is 74.4. The van der Waals surface area contributed by atoms with E-state index in [-0.39, 0.29) is 41.2 Å². The van der Waals surface area contributed by atoms with Gasteiger partial charge in [0.2, 0.25) is 0 Å². The Morgan fingerprint density at radius 3 is 2.15 bits per heavy atom. The van der Waals surface area contributed by atoms with Crippen molar-refractivity contribution in [2.45, 2.75) is 19.0 Å². The number of nitrogens with zero attached hydrogens (tertiary/aromatic N) is 3. The quantitative estimate of drug-likeness (QED) is 0.354. The van der Waals surface area contributed by atoms with Crippen LogP contribution in [0.5, 0.6) is 0 Å². The number of carbonyl (C=O) groups is 4. The Bertz CT molecular complexity index is 1390. The van der Waals surface area contributed by atoms with E-state index in [2.05, 4.69) is 5.43 Å². The minimum atomic E-state index is -1.32. The van der Waals surface area contributed by atoms with Crippen molar-refractivity contribution < 1.29 is 29.4 Å². The number of fused-ring (bicyclic) bond motifs is 2. The molecule has 1 unspecified atom stereocenters. The molecule has 0 spiro atoms. The first-order chi connectivity index (χ1) is 15.7. The molecule has 168 valence electrons. The van der Waals surface area contributed by atoms with Gasteiger partial charge in [0, 0.05) is 4.88 Å². The van der Waals surface area contributed by atoms with Gasteiger partial charge in [-0.25, -0.2) is 9.59 Å². The maximum Gasteiger partial charge on any atom is 0.407 e. The summed E-state index contributed by atoms with van der Waals surface area (Å²) in [5, 5.41) is 19.5. The zero-order chi connectivity index (χ0) is 23.6. The predicted octanol–water partition coefficient (Wildman–Crippen LogP) is 0.420. The number of thiophene rings is 1. The van der Waals surface area contributed by atoms with E-state index in [9.17, 15) is 39.0 Å². The number of carbonyl (C=O) groups excluding carboxylic acids is 2. The average molecular weight is 470 g/mol. The van der Waals surface area contributed by atoms with Crippen molar-refractivity contribution in [1.29, 1.82) is 0 Å². The van der Waals surface area contributed by atoms with Crippen LogP contribution in [-0.4, -0.2) is 61.2 Å². The molecule has 12 nitrogen and oxygen atoms in total. The first-order valence-electron chi connectivity index (χ1n) is 9.66. The number of hydrogen-bond acceptors (Lipinski definition) is 8. The highest BCUT2D eigenvalue weighted by Gasteiger charge is 2.41. The molecule has 1 atom stereocenters. The van der Waals surface area contributed by atoms with Crippen LogP contribution in [0.15, 0.2) is 33.9 Å². The van der Waals surface area contributed by atoms with Crippen LogP contribution >= 0.6 is 11.3 Å². The lowest BCUT2D eigenvalue weighted by atomic mass is 9.96. The summed E-state index contributed by atoms with van der Waals surface area (Å²) < 4.78 is 0.662. The van der Waals surface area contributed by atoms with Crippen LogP contribution < -0.4 is 16.5 Å². The highest BCUT2D eigenvalue weighted by atomic mass is 32.1. The van der Waals surface area contributed by atoms with Crippen molar-refractivity contribution in [3.05, 3.63) is 72.1 Å². The Morgan fingerprint density at radius 2 is 1.64 bits per heavy atom. The van der Waals surface area contributed by atoms with E-state index in [0.717, 1.165) is 21.1 Å². The van der Waals surface area contributed by atoms with Gasteiger partial charge in [0.25, 0.3) is 11.8 Å². The van der Waals surface area contributed by atoms with Crippen LogP contribution in [-0.2, 0) is 13.0 Å². The first kappa shape index (κ1) is 20.6. The Hall–Kier alpha value is -4.26. The van der Waals surface area contributed by atoms with E-state index in [0.29, 0.717) is 15.1 Å². The van der Waals surface area contributed by atoms with Crippen LogP contribution in [0.25, 0.3) is 0 Å². The number of nitrogens with one attached hydrogen (secondary N) is 1. The summed E-state index contributed by atoms with van der Waals surface area (Å²) in [6.07, 6.45) is -1.37. The van der Waals surface area contributed by atoms with Crippen molar-refractivity contribution in [2.75, 3.05) is 12.0 Å². The standard InChI is InChI=1S/C20H14N4O8S/c25-15-9-3-1-2-4-10(9)16(26)23(15)6-8-5-11-12(7-22(8)20(31)32)33-14(13(11)19(29)30)21-24-17(27)18(24)28/h1-4,8,21H,5-7H2,(H,29,30)(H,31,32). The lowest BCUT2D eigenvalue weighted by Crippen LogP contribution is -2.50. The number of benzene rings is 1. The van der Waals surface area contributed by atoms with Crippen LogP contribution in [0.3, 0.4) is 0 Å². The molecular weight excluding hydrogens is 456 g/mol. The minimum Gasteiger partial charge on any atom is -0.478 e. The summed E-state index contributed by atoms with van der Waals surface area (Å²) in [6, 6.07) is 5.38. The van der Waals surface area contributed by atoms with Gasteiger partial charge in [0.1, 0.15) is 5.00 Å². The molecule has 0 fully saturated rings. The van der Waals surface area contributed by atoms with E-state index < -0.39 is 41.0 Å². The van der Waals surface area contributed by atoms with Crippen molar-refractivity contribution in [3.63, 3.8) is 0 Å². The third-order valence-electron chi connectivity index (χ3n) is 5.77. The highest BCUT2D eigenvalue weighted by molar-refractivity contribution is 7.16. The maximum absolute atomic E-state index is 12.7. The number of amides is 3. The Kier molecular flexibility index (Phi) is 4.46. The molecule has 3 N–H and O–H groups in total. The van der Waals surface area contributed by atoms with Gasteiger partial charge in [-0.15, -0.1) is 11.3 Å². The topological polar surface area (TPSA) is 166 Å². The number of rotatable bonds is 5. The third-order valence-corrected chi connectivity index (χ3v) is 6.89. The summed E-state index contributed by atoms with van der Waals surface area (Å²) in [5.41, 5.74) is 1.44. The van der Waals surface area contributed by atoms with Crippen LogP contribution in [0, 0.1) is 0 Å². The largest absolute Gasteiger partial charge is 0.478 e. The molecule has 0 saturated heterocycles. The zero-order valence-corrected chi connectivity index (χ0v) is 17.4. The number of imide groups is 1. The molecule has 0 saturated carbocycles. The molecule has 33 heavy (non-hydrogen) atoms. The number of carboxylic acids is 1. The summed E-state index contributed by atoms with van der Waals surface area (Å²) in [6.45, 7) is -0.425. The predicted molar refractivity (Wildman–Crippen MR) is 113 cm³/mol. The second-order valence-corrected chi connectivity index (χ2v) is 8.71. The number of anilines is 1. The average Bonchev–Trinajstić information content (AvgIpc) is 3.08. The van der Waals surface area contributed by atoms with Crippen LogP contribution in [0.2, 0.25) is 0 Å². The molecule has 5 rings (SSSR count). The Balaban J connectivity index is 1.49. The number of aromatic nitrogens is 1. The fourth-order valence-electron chi connectivity index (χ4n) is 4.13. The summed E-state index contributed by atoms with van der Waals surface area (Å²) in [7, 11) is 0. The monoisotopic (exact) mass is 470 g/mol. The highest BCUT2D eigenvalue weighted by Crippen LogP contribution is 2.39. The molecular formula is C20H14N4O8S. The van der Waals surface area contributed by atoms with Gasteiger partial charge in [0.15, 0.2) is 0 Å². The first-order valence-corrected chi connectivity index (χ1v) is 10.5. The van der Waals surface area contributed by atoms with Gasteiger partial charge >= 0.3 is 23.2 Å². The molecule has 2 aliphatic heterocycles. The second kappa shape index (κ2) is 7.13. The fraction of sp³-hybridized carbons (Fsp3) is 0.200. The number of carboxylic acid groups (broad SMARTS) is 2. The molecule has 0 radical (unpaired) electrons. The van der Waals surface area contributed by atoms with E-state index >= 15 is 0 Å². The minimum absolute atomic E-state index is 0.0263. The zero-order valence-electron chi connectivity index (χ0n) is 16.6. The Labute approximate surface area is 187 Å². The van der Waals surface area contributed by atoms with Gasteiger partial charge < -0.3 is 10.2 Å². The van der Waals surface area contributed by atoms with Gasteiger partial charge in [-0.05, 0) is 24.1 Å². The molecule has 0 aliphatic carbocycles. The number of hydrogen-bond donors (Lipinski definition) is 3. The van der Waals surface area contributed by atoms with Crippen LogP contribution in [0.4, 0.5) is 9.80 Å². The molecule has 2 aromatic heterocycles. The van der Waals surface area contributed by atoms with E-state index in [1.54, 1.807) is 12.1 Å². The maximum atomic E-state index is 12.7. The van der Waals surface area contributed by atoms with Crippen LogP contribution in [0.1, 0.15) is 41.5 Å². The Morgan fingerprint density at radius 1 is 1.03 bits per heavy atom. The number of aromatic carboxylic acids is 1. The molecule has 3 amide bonds. The fourth-order valence-corrected chi connectivity index (χ4v) is 5.34. The normalized spacial score (nSPS) is 17.4. The van der Waals surface area contributed by atoms with Gasteiger partial charge in [-0.2, -0.15) is 4.68 Å².